The first kappa shape index (κ1) is 15.7. The van der Waals surface area contributed by atoms with Crippen LogP contribution in [0.4, 0.5) is 0 Å². The molecule has 3 aromatic rings. The molecule has 2 heterocycles. The maximum absolute atomic E-state index is 12.5. The molecule has 1 aromatic carbocycles. The highest BCUT2D eigenvalue weighted by atomic mass is 32.2. The van der Waals surface area contributed by atoms with E-state index in [1.807, 2.05) is 17.5 Å². The zero-order chi connectivity index (χ0) is 16.6. The van der Waals surface area contributed by atoms with Crippen molar-refractivity contribution in [2.45, 2.75) is 17.9 Å². The predicted octanol–water partition coefficient (Wildman–Crippen LogP) is 1.32. The molecular formula is C14H13N3O4S2. The lowest BCUT2D eigenvalue weighted by Gasteiger charge is -2.13. The second kappa shape index (κ2) is 5.76. The molecule has 0 saturated carbocycles. The van der Waals surface area contributed by atoms with E-state index in [0.29, 0.717) is 5.52 Å². The third-order valence-electron chi connectivity index (χ3n) is 3.31. The number of aromatic amines is 2. The van der Waals surface area contributed by atoms with Crippen LogP contribution < -0.4 is 15.8 Å². The Balaban J connectivity index is 1.99. The topological polar surface area (TPSA) is 112 Å². The van der Waals surface area contributed by atoms with E-state index < -0.39 is 21.1 Å². The van der Waals surface area contributed by atoms with E-state index in [1.54, 1.807) is 6.92 Å². The molecule has 23 heavy (non-hydrogen) atoms. The smallest absolute Gasteiger partial charge is 0.314 e. The van der Waals surface area contributed by atoms with Gasteiger partial charge in [-0.3, -0.25) is 9.59 Å². The fourth-order valence-electron chi connectivity index (χ4n) is 2.16. The summed E-state index contributed by atoms with van der Waals surface area (Å²) in [5.74, 6) is 0. The molecular weight excluding hydrogens is 338 g/mol. The van der Waals surface area contributed by atoms with Crippen LogP contribution in [-0.4, -0.2) is 18.4 Å². The van der Waals surface area contributed by atoms with Gasteiger partial charge < -0.3 is 9.97 Å². The van der Waals surface area contributed by atoms with Crippen LogP contribution in [-0.2, 0) is 10.0 Å². The van der Waals surface area contributed by atoms with Gasteiger partial charge in [-0.2, -0.15) is 0 Å². The van der Waals surface area contributed by atoms with Crippen LogP contribution in [0.15, 0.2) is 50.2 Å². The van der Waals surface area contributed by atoms with E-state index in [1.165, 1.54) is 29.5 Å². The Kier molecular flexibility index (Phi) is 3.92. The summed E-state index contributed by atoms with van der Waals surface area (Å²) in [7, 11) is -3.76. The molecule has 2 aromatic heterocycles. The van der Waals surface area contributed by atoms with Crippen molar-refractivity contribution in [3.8, 4) is 0 Å². The molecule has 3 N–H and O–H groups in total. The van der Waals surface area contributed by atoms with Gasteiger partial charge in [0.05, 0.1) is 22.0 Å². The number of aromatic nitrogens is 2. The van der Waals surface area contributed by atoms with E-state index >= 15 is 0 Å². The standard InChI is InChI=1S/C14H13N3O4S2/c1-8(12-3-2-6-22-12)17-23(20,21)9-4-5-10-11(7-9)16-14(19)13(18)15-10/h2-8,17H,1H3,(H,15,18)(H,16,19). The first-order chi connectivity index (χ1) is 10.9. The largest absolute Gasteiger partial charge is 0.316 e. The van der Waals surface area contributed by atoms with Crippen LogP contribution in [0, 0.1) is 0 Å². The Morgan fingerprint density at radius 1 is 1.09 bits per heavy atom. The maximum Gasteiger partial charge on any atom is 0.314 e. The SMILES string of the molecule is CC(NS(=O)(=O)c1ccc2[nH]c(=O)c(=O)[nH]c2c1)c1cccs1. The van der Waals surface area contributed by atoms with Gasteiger partial charge in [0.25, 0.3) is 0 Å². The second-order valence-electron chi connectivity index (χ2n) is 4.97. The van der Waals surface area contributed by atoms with E-state index in [9.17, 15) is 18.0 Å². The number of rotatable bonds is 4. The van der Waals surface area contributed by atoms with Crippen LogP contribution in [0.5, 0.6) is 0 Å². The Labute approximate surface area is 135 Å². The van der Waals surface area contributed by atoms with Crippen LogP contribution >= 0.6 is 11.3 Å². The molecule has 1 atom stereocenters. The Morgan fingerprint density at radius 2 is 1.78 bits per heavy atom. The summed E-state index contributed by atoms with van der Waals surface area (Å²) in [4.78, 5) is 28.3. The summed E-state index contributed by atoms with van der Waals surface area (Å²) in [6.45, 7) is 1.75. The molecule has 0 aliphatic heterocycles. The zero-order valence-electron chi connectivity index (χ0n) is 12.0. The fourth-order valence-corrected chi connectivity index (χ4v) is 4.22. The van der Waals surface area contributed by atoms with Crippen molar-refractivity contribution in [3.05, 3.63) is 61.3 Å². The zero-order valence-corrected chi connectivity index (χ0v) is 13.6. The second-order valence-corrected chi connectivity index (χ2v) is 7.67. The summed E-state index contributed by atoms with van der Waals surface area (Å²) >= 11 is 1.46. The van der Waals surface area contributed by atoms with Crippen LogP contribution in [0.3, 0.4) is 0 Å². The predicted molar refractivity (Wildman–Crippen MR) is 88.2 cm³/mol. The normalized spacial score (nSPS) is 13.3. The lowest BCUT2D eigenvalue weighted by molar-refractivity contribution is 0.568. The number of H-pyrrole nitrogens is 2. The molecule has 0 saturated heterocycles. The first-order valence-corrected chi connectivity index (χ1v) is 9.05. The lowest BCUT2D eigenvalue weighted by atomic mass is 10.3. The molecule has 0 amide bonds. The summed E-state index contributed by atoms with van der Waals surface area (Å²) in [6, 6.07) is 7.46. The number of benzene rings is 1. The Morgan fingerprint density at radius 3 is 2.43 bits per heavy atom. The van der Waals surface area contributed by atoms with Crippen molar-refractivity contribution >= 4 is 32.4 Å². The van der Waals surface area contributed by atoms with Crippen molar-refractivity contribution in [1.29, 1.82) is 0 Å². The molecule has 0 aliphatic rings. The van der Waals surface area contributed by atoms with Gasteiger partial charge in [-0.15, -0.1) is 11.3 Å². The van der Waals surface area contributed by atoms with Gasteiger partial charge in [-0.1, -0.05) is 6.07 Å². The van der Waals surface area contributed by atoms with Crippen LogP contribution in [0.2, 0.25) is 0 Å². The average Bonchev–Trinajstić information content (AvgIpc) is 3.02. The highest BCUT2D eigenvalue weighted by molar-refractivity contribution is 7.89. The summed E-state index contributed by atoms with van der Waals surface area (Å²) in [5, 5.41) is 1.87. The first-order valence-electron chi connectivity index (χ1n) is 6.69. The van der Waals surface area contributed by atoms with Crippen molar-refractivity contribution in [2.75, 3.05) is 0 Å². The number of thiophene rings is 1. The molecule has 9 heteroatoms. The summed E-state index contributed by atoms with van der Waals surface area (Å²) in [6.07, 6.45) is 0. The number of nitrogens with one attached hydrogen (secondary N) is 3. The van der Waals surface area contributed by atoms with Crippen molar-refractivity contribution < 1.29 is 8.42 Å². The molecule has 0 aliphatic carbocycles. The molecule has 0 bridgehead atoms. The minimum absolute atomic E-state index is 0.0103. The van der Waals surface area contributed by atoms with E-state index in [4.69, 9.17) is 0 Å². The molecule has 0 radical (unpaired) electrons. The van der Waals surface area contributed by atoms with Crippen molar-refractivity contribution in [2.24, 2.45) is 0 Å². The summed E-state index contributed by atoms with van der Waals surface area (Å²) in [5.41, 5.74) is -0.995. The minimum atomic E-state index is -3.76. The highest BCUT2D eigenvalue weighted by Crippen LogP contribution is 2.21. The van der Waals surface area contributed by atoms with Gasteiger partial charge in [0.2, 0.25) is 10.0 Å². The monoisotopic (exact) mass is 351 g/mol. The number of hydrogen-bond acceptors (Lipinski definition) is 5. The van der Waals surface area contributed by atoms with Crippen LogP contribution in [0.1, 0.15) is 17.8 Å². The van der Waals surface area contributed by atoms with Crippen molar-refractivity contribution in [3.63, 3.8) is 0 Å². The van der Waals surface area contributed by atoms with Crippen molar-refractivity contribution in [1.82, 2.24) is 14.7 Å². The van der Waals surface area contributed by atoms with Gasteiger partial charge in [-0.05, 0) is 36.6 Å². The molecule has 1 unspecified atom stereocenters. The number of fused-ring (bicyclic) bond motifs is 1. The Hall–Kier alpha value is -2.23. The van der Waals surface area contributed by atoms with Gasteiger partial charge in [0.15, 0.2) is 0 Å². The fraction of sp³-hybridized carbons (Fsp3) is 0.143. The van der Waals surface area contributed by atoms with Gasteiger partial charge in [0.1, 0.15) is 0 Å². The van der Waals surface area contributed by atoms with Crippen LogP contribution in [0.25, 0.3) is 11.0 Å². The third-order valence-corrected chi connectivity index (χ3v) is 5.90. The quantitative estimate of drug-likeness (QED) is 0.615. The van der Waals surface area contributed by atoms with E-state index in [0.717, 1.165) is 4.88 Å². The molecule has 0 fully saturated rings. The molecule has 3 rings (SSSR count). The number of hydrogen-bond donors (Lipinski definition) is 3. The highest BCUT2D eigenvalue weighted by Gasteiger charge is 2.19. The lowest BCUT2D eigenvalue weighted by Crippen LogP contribution is -2.29. The molecule has 7 nitrogen and oxygen atoms in total. The number of sulfonamides is 1. The van der Waals surface area contributed by atoms with Gasteiger partial charge in [-0.25, -0.2) is 13.1 Å². The third kappa shape index (κ3) is 3.11. The summed E-state index contributed by atoms with van der Waals surface area (Å²) < 4.78 is 27.5. The van der Waals surface area contributed by atoms with E-state index in [-0.39, 0.29) is 16.5 Å². The van der Waals surface area contributed by atoms with Gasteiger partial charge in [0, 0.05) is 4.88 Å². The average molecular weight is 351 g/mol. The minimum Gasteiger partial charge on any atom is -0.316 e. The molecule has 0 spiro atoms. The van der Waals surface area contributed by atoms with E-state index in [2.05, 4.69) is 14.7 Å². The Bertz CT molecular complexity index is 1070. The molecule has 120 valence electrons. The maximum atomic E-state index is 12.5. The van der Waals surface area contributed by atoms with Gasteiger partial charge >= 0.3 is 11.1 Å².